The highest BCUT2D eigenvalue weighted by Gasteiger charge is 2.24. The predicted molar refractivity (Wildman–Crippen MR) is 92.8 cm³/mol. The first-order valence-electron chi connectivity index (χ1n) is 8.52. The molecule has 4 rings (SSSR count). The van der Waals surface area contributed by atoms with Crippen LogP contribution in [0.15, 0.2) is 45.4 Å². The summed E-state index contributed by atoms with van der Waals surface area (Å²) in [6.45, 7) is 5.65. The molecule has 1 N–H and O–H groups in total. The number of furan rings is 1. The number of hydrogen-bond acceptors (Lipinski definition) is 7. The van der Waals surface area contributed by atoms with Crippen LogP contribution in [-0.2, 0) is 6.54 Å². The lowest BCUT2D eigenvalue weighted by Gasteiger charge is -2.14. The number of aromatic nitrogens is 3. The van der Waals surface area contributed by atoms with E-state index in [1.165, 1.54) is 0 Å². The van der Waals surface area contributed by atoms with Gasteiger partial charge in [-0.15, -0.1) is 10.2 Å². The molecule has 25 heavy (non-hydrogen) atoms. The van der Waals surface area contributed by atoms with Gasteiger partial charge in [0.05, 0.1) is 12.8 Å². The molecule has 7 nitrogen and oxygen atoms in total. The zero-order valence-corrected chi connectivity index (χ0v) is 14.2. The van der Waals surface area contributed by atoms with Crippen LogP contribution in [0.1, 0.15) is 18.0 Å². The van der Waals surface area contributed by atoms with Gasteiger partial charge in [-0.3, -0.25) is 4.90 Å². The van der Waals surface area contributed by atoms with E-state index in [1.54, 1.807) is 12.3 Å². The second-order valence-corrected chi connectivity index (χ2v) is 6.41. The summed E-state index contributed by atoms with van der Waals surface area (Å²) < 4.78 is 11.0. The Labute approximate surface area is 146 Å². The zero-order chi connectivity index (χ0) is 17.1. The summed E-state index contributed by atoms with van der Waals surface area (Å²) >= 11 is 0. The molecule has 0 bridgehead atoms. The molecular formula is C18H21N5O2. The third kappa shape index (κ3) is 3.88. The molecule has 0 spiro atoms. The van der Waals surface area contributed by atoms with Crippen molar-refractivity contribution in [3.05, 3.63) is 48.2 Å². The number of anilines is 1. The van der Waals surface area contributed by atoms with Gasteiger partial charge in [0.15, 0.2) is 5.76 Å². The van der Waals surface area contributed by atoms with Crippen LogP contribution >= 0.6 is 0 Å². The Morgan fingerprint density at radius 1 is 1.24 bits per heavy atom. The molecule has 1 aliphatic rings. The first kappa shape index (κ1) is 15.8. The van der Waals surface area contributed by atoms with Crippen LogP contribution in [0.2, 0.25) is 0 Å². The van der Waals surface area contributed by atoms with Crippen molar-refractivity contribution in [3.63, 3.8) is 0 Å². The number of likely N-dealkylation sites (tertiary alicyclic amines) is 1. The highest BCUT2D eigenvalue weighted by atomic mass is 16.4. The van der Waals surface area contributed by atoms with Gasteiger partial charge < -0.3 is 14.2 Å². The minimum atomic E-state index is 0.433. The second kappa shape index (κ2) is 7.06. The summed E-state index contributed by atoms with van der Waals surface area (Å²) in [4.78, 5) is 6.82. The number of pyridine rings is 1. The maximum absolute atomic E-state index is 5.68. The Morgan fingerprint density at radius 3 is 3.04 bits per heavy atom. The van der Waals surface area contributed by atoms with Crippen molar-refractivity contribution in [3.8, 4) is 11.7 Å². The molecule has 0 radical (unpaired) electrons. The van der Waals surface area contributed by atoms with Gasteiger partial charge in [-0.05, 0) is 50.1 Å². The monoisotopic (exact) mass is 339 g/mol. The average molecular weight is 339 g/mol. The minimum Gasteiger partial charge on any atom is -0.459 e. The molecule has 0 saturated carbocycles. The molecule has 7 heteroatoms. The van der Waals surface area contributed by atoms with Gasteiger partial charge in [0, 0.05) is 18.8 Å². The minimum absolute atomic E-state index is 0.433. The number of hydrogen-bond donors (Lipinski definition) is 1. The smallest absolute Gasteiger partial charge is 0.283 e. The van der Waals surface area contributed by atoms with Crippen molar-refractivity contribution in [1.82, 2.24) is 20.1 Å². The third-order valence-corrected chi connectivity index (χ3v) is 4.39. The van der Waals surface area contributed by atoms with Gasteiger partial charge in [-0.25, -0.2) is 4.98 Å². The fraction of sp³-hybridized carbons (Fsp3) is 0.389. The Bertz CT molecular complexity index is 815. The average Bonchev–Trinajstić information content (AvgIpc) is 3.35. The molecule has 4 heterocycles. The summed E-state index contributed by atoms with van der Waals surface area (Å²) in [5.41, 5.74) is 1.03. The van der Waals surface area contributed by atoms with E-state index in [4.69, 9.17) is 8.83 Å². The maximum atomic E-state index is 5.68. The van der Waals surface area contributed by atoms with Crippen LogP contribution in [0.3, 0.4) is 0 Å². The van der Waals surface area contributed by atoms with E-state index >= 15 is 0 Å². The molecular weight excluding hydrogens is 318 g/mol. The van der Waals surface area contributed by atoms with E-state index in [-0.39, 0.29) is 0 Å². The van der Waals surface area contributed by atoms with Gasteiger partial charge >= 0.3 is 0 Å². The van der Waals surface area contributed by atoms with Crippen molar-refractivity contribution in [2.24, 2.45) is 5.92 Å². The summed E-state index contributed by atoms with van der Waals surface area (Å²) in [6, 6.07) is 9.66. The van der Waals surface area contributed by atoms with Gasteiger partial charge in [0.2, 0.25) is 5.89 Å². The van der Waals surface area contributed by atoms with E-state index in [1.807, 2.05) is 31.2 Å². The molecule has 0 amide bonds. The Kier molecular flexibility index (Phi) is 4.47. The molecule has 1 atom stereocenters. The first-order valence-corrected chi connectivity index (χ1v) is 8.52. The van der Waals surface area contributed by atoms with Gasteiger partial charge in [-0.1, -0.05) is 6.07 Å². The summed E-state index contributed by atoms with van der Waals surface area (Å²) in [5, 5.41) is 11.6. The third-order valence-electron chi connectivity index (χ3n) is 4.39. The quantitative estimate of drug-likeness (QED) is 0.739. The topological polar surface area (TPSA) is 80.2 Å². The second-order valence-electron chi connectivity index (χ2n) is 6.41. The van der Waals surface area contributed by atoms with Crippen LogP contribution in [0.25, 0.3) is 11.7 Å². The lowest BCUT2D eigenvalue weighted by Crippen LogP contribution is -2.23. The number of nitrogens with zero attached hydrogens (tertiary/aromatic N) is 4. The largest absolute Gasteiger partial charge is 0.459 e. The molecule has 0 aliphatic carbocycles. The van der Waals surface area contributed by atoms with E-state index in [0.29, 0.717) is 30.0 Å². The summed E-state index contributed by atoms with van der Waals surface area (Å²) in [6.07, 6.45) is 2.75. The van der Waals surface area contributed by atoms with Crippen molar-refractivity contribution in [2.75, 3.05) is 25.0 Å². The number of nitrogens with one attached hydrogen (secondary N) is 1. The maximum Gasteiger partial charge on any atom is 0.283 e. The lowest BCUT2D eigenvalue weighted by molar-refractivity contribution is 0.282. The first-order chi connectivity index (χ1) is 12.3. The summed E-state index contributed by atoms with van der Waals surface area (Å²) in [5.74, 6) is 3.20. The van der Waals surface area contributed by atoms with Gasteiger partial charge in [0.25, 0.3) is 5.89 Å². The van der Waals surface area contributed by atoms with Crippen molar-refractivity contribution >= 4 is 5.82 Å². The molecule has 130 valence electrons. The molecule has 3 aromatic heterocycles. The fourth-order valence-corrected chi connectivity index (χ4v) is 3.12. The van der Waals surface area contributed by atoms with Crippen molar-refractivity contribution in [2.45, 2.75) is 19.9 Å². The molecule has 1 aliphatic heterocycles. The zero-order valence-electron chi connectivity index (χ0n) is 14.2. The highest BCUT2D eigenvalue weighted by molar-refractivity contribution is 5.42. The van der Waals surface area contributed by atoms with E-state index in [2.05, 4.69) is 25.4 Å². The normalized spacial score (nSPS) is 17.9. The standard InChI is InChI=1S/C18H21N5O2/c1-13-4-2-6-16(20-13)19-10-14-7-8-23(11-14)12-17-21-22-18(25-17)15-5-3-9-24-15/h2-6,9,14H,7-8,10-12H2,1H3,(H,19,20)/t14-/m0/s1. The van der Waals surface area contributed by atoms with Crippen LogP contribution in [0.5, 0.6) is 0 Å². The Hall–Kier alpha value is -2.67. The molecule has 0 aromatic carbocycles. The number of rotatable bonds is 6. The van der Waals surface area contributed by atoms with Gasteiger partial charge in [0.1, 0.15) is 5.82 Å². The van der Waals surface area contributed by atoms with Crippen LogP contribution in [-0.4, -0.2) is 39.7 Å². The molecule has 3 aromatic rings. The molecule has 0 unspecified atom stereocenters. The van der Waals surface area contributed by atoms with Crippen molar-refractivity contribution < 1.29 is 8.83 Å². The predicted octanol–water partition coefficient (Wildman–Crippen LogP) is 2.97. The lowest BCUT2D eigenvalue weighted by atomic mass is 10.1. The van der Waals surface area contributed by atoms with Gasteiger partial charge in [-0.2, -0.15) is 0 Å². The molecule has 1 fully saturated rings. The Morgan fingerprint density at radius 2 is 2.20 bits per heavy atom. The highest BCUT2D eigenvalue weighted by Crippen LogP contribution is 2.22. The SMILES string of the molecule is Cc1cccc(NC[C@@H]2CCN(Cc3nnc(-c4ccco4)o3)C2)n1. The van der Waals surface area contributed by atoms with Crippen LogP contribution in [0.4, 0.5) is 5.82 Å². The van der Waals surface area contributed by atoms with Crippen molar-refractivity contribution in [1.29, 1.82) is 0 Å². The van der Waals surface area contributed by atoms with E-state index in [9.17, 15) is 0 Å². The fourth-order valence-electron chi connectivity index (χ4n) is 3.12. The summed E-state index contributed by atoms with van der Waals surface area (Å²) in [7, 11) is 0. The Balaban J connectivity index is 1.28. The van der Waals surface area contributed by atoms with E-state index in [0.717, 1.165) is 37.6 Å². The van der Waals surface area contributed by atoms with E-state index < -0.39 is 0 Å². The van der Waals surface area contributed by atoms with Crippen LogP contribution in [0, 0.1) is 12.8 Å². The van der Waals surface area contributed by atoms with Crippen LogP contribution < -0.4 is 5.32 Å². The molecule has 1 saturated heterocycles. The number of aryl methyl sites for hydroxylation is 1.